The van der Waals surface area contributed by atoms with Gasteiger partial charge in [-0.2, -0.15) is 5.10 Å². The van der Waals surface area contributed by atoms with E-state index in [4.69, 9.17) is 11.6 Å². The van der Waals surface area contributed by atoms with Crippen LogP contribution in [0.1, 0.15) is 0 Å². The summed E-state index contributed by atoms with van der Waals surface area (Å²) in [4.78, 5) is 33.1. The lowest BCUT2D eigenvalue weighted by Gasteiger charge is -2.05. The van der Waals surface area contributed by atoms with Crippen molar-refractivity contribution in [3.63, 3.8) is 0 Å². The van der Waals surface area contributed by atoms with E-state index < -0.39 is 0 Å². The Bertz CT molecular complexity index is 1180. The van der Waals surface area contributed by atoms with Crippen LogP contribution < -0.4 is 10.9 Å². The Hall–Kier alpha value is -2.78. The molecular formula is C15H11ClN6O2S. The van der Waals surface area contributed by atoms with Gasteiger partial charge >= 0.3 is 0 Å². The highest BCUT2D eigenvalue weighted by Gasteiger charge is 2.12. The Morgan fingerprint density at radius 2 is 2.24 bits per heavy atom. The van der Waals surface area contributed by atoms with Crippen LogP contribution in [0.4, 0.5) is 5.13 Å². The fourth-order valence-corrected chi connectivity index (χ4v) is 3.60. The van der Waals surface area contributed by atoms with Gasteiger partial charge in [0.2, 0.25) is 5.91 Å². The molecule has 3 aromatic heterocycles. The summed E-state index contributed by atoms with van der Waals surface area (Å²) < 4.78 is 3.62. The van der Waals surface area contributed by atoms with E-state index in [1.54, 1.807) is 25.2 Å². The molecule has 25 heavy (non-hydrogen) atoms. The average molecular weight is 375 g/mol. The SMILES string of the molecule is Cn1ncc2c(=O)n(CC(=O)Nc3nc4ccc(Cl)cc4s3)cnc21. The molecule has 0 aliphatic heterocycles. The summed E-state index contributed by atoms with van der Waals surface area (Å²) in [5.41, 5.74) is 0.911. The summed E-state index contributed by atoms with van der Waals surface area (Å²) in [6.07, 6.45) is 2.78. The second-order valence-corrected chi connectivity index (χ2v) is 6.83. The van der Waals surface area contributed by atoms with Crippen molar-refractivity contribution >= 4 is 55.2 Å². The third-order valence-corrected chi connectivity index (χ3v) is 4.80. The number of anilines is 1. The lowest BCUT2D eigenvalue weighted by atomic mass is 10.3. The van der Waals surface area contributed by atoms with E-state index in [0.717, 1.165) is 10.2 Å². The van der Waals surface area contributed by atoms with Crippen molar-refractivity contribution < 1.29 is 4.79 Å². The average Bonchev–Trinajstić information content (AvgIpc) is 3.13. The van der Waals surface area contributed by atoms with E-state index in [2.05, 4.69) is 20.4 Å². The summed E-state index contributed by atoms with van der Waals surface area (Å²) in [6.45, 7) is -0.159. The van der Waals surface area contributed by atoms with Gasteiger partial charge < -0.3 is 5.32 Å². The first-order chi connectivity index (χ1) is 12.0. The monoisotopic (exact) mass is 374 g/mol. The predicted octanol–water partition coefficient (Wildman–Crippen LogP) is 2.03. The molecule has 0 saturated carbocycles. The molecule has 0 atom stereocenters. The number of carbonyl (C=O) groups is 1. The fraction of sp³-hybridized carbons (Fsp3) is 0.133. The quantitative estimate of drug-likeness (QED) is 0.592. The Labute approximate surface area is 149 Å². The number of halogens is 1. The molecule has 0 bridgehead atoms. The number of aryl methyl sites for hydroxylation is 1. The van der Waals surface area contributed by atoms with E-state index in [-0.39, 0.29) is 18.0 Å². The van der Waals surface area contributed by atoms with Crippen molar-refractivity contribution in [1.82, 2.24) is 24.3 Å². The van der Waals surface area contributed by atoms with Gasteiger partial charge in [-0.3, -0.25) is 18.8 Å². The molecule has 0 radical (unpaired) electrons. The first-order valence-electron chi connectivity index (χ1n) is 7.24. The Morgan fingerprint density at radius 1 is 1.40 bits per heavy atom. The maximum absolute atomic E-state index is 12.4. The smallest absolute Gasteiger partial charge is 0.264 e. The van der Waals surface area contributed by atoms with E-state index >= 15 is 0 Å². The van der Waals surface area contributed by atoms with E-state index in [9.17, 15) is 9.59 Å². The molecule has 4 rings (SSSR count). The zero-order valence-electron chi connectivity index (χ0n) is 12.9. The zero-order valence-corrected chi connectivity index (χ0v) is 14.5. The van der Waals surface area contributed by atoms with Gasteiger partial charge in [0.25, 0.3) is 5.56 Å². The topological polar surface area (TPSA) is 94.7 Å². The van der Waals surface area contributed by atoms with Crippen molar-refractivity contribution in [1.29, 1.82) is 0 Å². The van der Waals surface area contributed by atoms with Crippen molar-refractivity contribution in [3.05, 3.63) is 46.1 Å². The van der Waals surface area contributed by atoms with Gasteiger partial charge in [-0.1, -0.05) is 22.9 Å². The van der Waals surface area contributed by atoms with E-state index in [1.165, 1.54) is 33.1 Å². The van der Waals surface area contributed by atoms with Crippen LogP contribution in [-0.4, -0.2) is 30.2 Å². The number of thiazole rings is 1. The number of nitrogens with one attached hydrogen (secondary N) is 1. The minimum Gasteiger partial charge on any atom is -0.300 e. The van der Waals surface area contributed by atoms with E-state index in [1.807, 2.05) is 0 Å². The van der Waals surface area contributed by atoms with Crippen molar-refractivity contribution in [3.8, 4) is 0 Å². The second-order valence-electron chi connectivity index (χ2n) is 5.36. The van der Waals surface area contributed by atoms with Crippen LogP contribution in [0.3, 0.4) is 0 Å². The van der Waals surface area contributed by atoms with Gasteiger partial charge in [0.1, 0.15) is 18.3 Å². The predicted molar refractivity (Wildman–Crippen MR) is 96.0 cm³/mol. The number of hydrogen-bond acceptors (Lipinski definition) is 6. The zero-order chi connectivity index (χ0) is 17.6. The number of hydrogen-bond donors (Lipinski definition) is 1. The van der Waals surface area contributed by atoms with Gasteiger partial charge in [0, 0.05) is 12.1 Å². The molecule has 0 aliphatic rings. The first kappa shape index (κ1) is 15.7. The summed E-state index contributed by atoms with van der Waals surface area (Å²) in [7, 11) is 1.70. The molecule has 0 unspecified atom stereocenters. The van der Waals surface area contributed by atoms with Crippen molar-refractivity contribution in [2.75, 3.05) is 5.32 Å². The molecule has 4 aromatic rings. The third kappa shape index (κ3) is 2.87. The molecule has 8 nitrogen and oxygen atoms in total. The van der Waals surface area contributed by atoms with Crippen LogP contribution in [-0.2, 0) is 18.4 Å². The fourth-order valence-electron chi connectivity index (χ4n) is 2.44. The van der Waals surface area contributed by atoms with Crippen LogP contribution >= 0.6 is 22.9 Å². The van der Waals surface area contributed by atoms with Gasteiger partial charge in [0.05, 0.1) is 16.4 Å². The lowest BCUT2D eigenvalue weighted by Crippen LogP contribution is -2.27. The van der Waals surface area contributed by atoms with Crippen LogP contribution in [0.25, 0.3) is 21.3 Å². The molecule has 0 aliphatic carbocycles. The van der Waals surface area contributed by atoms with Crippen LogP contribution in [0, 0.1) is 0 Å². The van der Waals surface area contributed by atoms with Crippen molar-refractivity contribution in [2.45, 2.75) is 6.54 Å². The highest BCUT2D eigenvalue weighted by atomic mass is 35.5. The summed E-state index contributed by atoms with van der Waals surface area (Å²) in [5.74, 6) is -0.364. The second kappa shape index (κ2) is 5.94. The molecule has 1 amide bonds. The maximum atomic E-state index is 12.4. The van der Waals surface area contributed by atoms with Crippen LogP contribution in [0.2, 0.25) is 5.02 Å². The number of aromatic nitrogens is 5. The number of carbonyl (C=O) groups excluding carboxylic acids is 1. The molecule has 1 N–H and O–H groups in total. The minimum absolute atomic E-state index is 0.159. The summed E-state index contributed by atoms with van der Waals surface area (Å²) in [5, 5.41) is 8.12. The van der Waals surface area contributed by atoms with Gasteiger partial charge in [-0.25, -0.2) is 9.97 Å². The molecule has 126 valence electrons. The van der Waals surface area contributed by atoms with Crippen LogP contribution in [0.15, 0.2) is 35.5 Å². The van der Waals surface area contributed by atoms with Gasteiger partial charge in [-0.15, -0.1) is 0 Å². The lowest BCUT2D eigenvalue weighted by molar-refractivity contribution is -0.116. The molecular weight excluding hydrogens is 364 g/mol. The van der Waals surface area contributed by atoms with Crippen molar-refractivity contribution in [2.24, 2.45) is 7.05 Å². The van der Waals surface area contributed by atoms with Gasteiger partial charge in [0.15, 0.2) is 10.8 Å². The van der Waals surface area contributed by atoms with Crippen LogP contribution in [0.5, 0.6) is 0 Å². The number of rotatable bonds is 3. The molecule has 0 saturated heterocycles. The normalized spacial score (nSPS) is 11.3. The molecule has 0 spiro atoms. The maximum Gasteiger partial charge on any atom is 0.264 e. The summed E-state index contributed by atoms with van der Waals surface area (Å²) >= 11 is 7.26. The standard InChI is InChI=1S/C15H11ClN6O2S/c1-21-13-9(5-18-21)14(24)22(7-17-13)6-12(23)20-15-19-10-3-2-8(16)4-11(10)25-15/h2-5,7H,6H2,1H3,(H,19,20,23). The molecule has 1 aromatic carbocycles. The van der Waals surface area contributed by atoms with Gasteiger partial charge in [-0.05, 0) is 18.2 Å². The Balaban J connectivity index is 1.57. The first-order valence-corrected chi connectivity index (χ1v) is 8.44. The summed E-state index contributed by atoms with van der Waals surface area (Å²) in [6, 6.07) is 5.31. The minimum atomic E-state index is -0.364. The number of benzene rings is 1. The highest BCUT2D eigenvalue weighted by molar-refractivity contribution is 7.22. The number of fused-ring (bicyclic) bond motifs is 2. The largest absolute Gasteiger partial charge is 0.300 e. The third-order valence-electron chi connectivity index (χ3n) is 3.63. The van der Waals surface area contributed by atoms with E-state index in [0.29, 0.717) is 21.2 Å². The molecule has 0 fully saturated rings. The molecule has 10 heteroatoms. The Kier molecular flexibility index (Phi) is 3.74. The Morgan fingerprint density at radius 3 is 3.08 bits per heavy atom. The number of amides is 1. The molecule has 3 heterocycles. The number of nitrogens with zero attached hydrogens (tertiary/aromatic N) is 5. The highest BCUT2D eigenvalue weighted by Crippen LogP contribution is 2.28.